The van der Waals surface area contributed by atoms with Gasteiger partial charge in [-0.25, -0.2) is 9.69 Å². The molecule has 0 saturated carbocycles. The molecule has 2 rings (SSSR count). The first-order valence-electron chi connectivity index (χ1n) is 8.07. The maximum atomic E-state index is 12.2. The predicted molar refractivity (Wildman–Crippen MR) is 85.4 cm³/mol. The molecule has 2 aliphatic rings. The highest BCUT2D eigenvalue weighted by Gasteiger charge is 2.37. The zero-order chi connectivity index (χ0) is 19.4. The molecule has 4 amide bonds. The van der Waals surface area contributed by atoms with Gasteiger partial charge in [0.2, 0.25) is 23.6 Å². The lowest BCUT2D eigenvalue weighted by Crippen LogP contribution is -2.62. The molecule has 144 valence electrons. The smallest absolute Gasteiger partial charge is 0.438 e. The average molecular weight is 370 g/mol. The number of carbonyl (C=O) groups is 5. The molecular weight excluding hydrogens is 348 g/mol. The van der Waals surface area contributed by atoms with Gasteiger partial charge in [0.05, 0.1) is 33.3 Å². The number of imide groups is 2. The lowest BCUT2D eigenvalue weighted by atomic mass is 10.1. The van der Waals surface area contributed by atoms with Crippen LogP contribution in [-0.2, 0) is 28.7 Å². The Labute approximate surface area is 150 Å². The summed E-state index contributed by atoms with van der Waals surface area (Å²) < 4.78 is 8.95. The molecule has 1 N–H and O–H groups in total. The van der Waals surface area contributed by atoms with Gasteiger partial charge in [0.15, 0.2) is 6.73 Å². The van der Waals surface area contributed by atoms with Crippen LogP contribution < -0.4 is 5.32 Å². The maximum absolute atomic E-state index is 12.2. The third kappa shape index (κ3) is 4.55. The van der Waals surface area contributed by atoms with E-state index in [4.69, 9.17) is 0 Å². The Kier molecular flexibility index (Phi) is 6.27. The first-order valence-corrected chi connectivity index (χ1v) is 8.07. The Balaban J connectivity index is 1.96. The van der Waals surface area contributed by atoms with E-state index in [2.05, 4.69) is 14.8 Å². The molecule has 11 heteroatoms. The van der Waals surface area contributed by atoms with Gasteiger partial charge in [0.25, 0.3) is 0 Å². The van der Waals surface area contributed by atoms with Crippen molar-refractivity contribution in [2.45, 2.75) is 25.9 Å². The molecule has 0 aromatic heterocycles. The molecule has 2 fully saturated rings. The molecule has 2 heterocycles. The van der Waals surface area contributed by atoms with Gasteiger partial charge in [-0.1, -0.05) is 0 Å². The number of carbonyl (C=O) groups excluding carboxylic acids is 5. The normalized spacial score (nSPS) is 22.0. The van der Waals surface area contributed by atoms with E-state index in [-0.39, 0.29) is 50.1 Å². The molecule has 0 bridgehead atoms. The van der Waals surface area contributed by atoms with Gasteiger partial charge in [-0.15, -0.1) is 0 Å². The number of rotatable bonds is 5. The Bertz CT molecular complexity index is 589. The average Bonchev–Trinajstić information content (AvgIpc) is 2.58. The van der Waals surface area contributed by atoms with Gasteiger partial charge >= 0.3 is 6.16 Å². The number of ether oxygens (including phenoxy) is 2. The van der Waals surface area contributed by atoms with Crippen molar-refractivity contribution in [3.05, 3.63) is 0 Å². The van der Waals surface area contributed by atoms with E-state index < -0.39 is 24.7 Å². The SMILES string of the molecule is COC(=O)OCN1C(=O)CN(C(C)C(C)N2CC(=O)NC(=O)C2)CC1=O. The van der Waals surface area contributed by atoms with Crippen LogP contribution in [0.1, 0.15) is 13.8 Å². The molecule has 2 atom stereocenters. The summed E-state index contributed by atoms with van der Waals surface area (Å²) in [6.07, 6.45) is -0.983. The minimum absolute atomic E-state index is 0.0459. The predicted octanol–water partition coefficient (Wildman–Crippen LogP) is -1.87. The number of piperazine rings is 2. The minimum atomic E-state index is -0.983. The maximum Gasteiger partial charge on any atom is 0.509 e. The monoisotopic (exact) mass is 370 g/mol. The molecule has 26 heavy (non-hydrogen) atoms. The quantitative estimate of drug-likeness (QED) is 0.438. The van der Waals surface area contributed by atoms with Crippen LogP contribution in [0.4, 0.5) is 4.79 Å². The van der Waals surface area contributed by atoms with Crippen molar-refractivity contribution in [2.75, 3.05) is 40.0 Å². The van der Waals surface area contributed by atoms with E-state index >= 15 is 0 Å². The fourth-order valence-corrected chi connectivity index (χ4v) is 2.88. The van der Waals surface area contributed by atoms with Crippen molar-refractivity contribution in [3.8, 4) is 0 Å². The highest BCUT2D eigenvalue weighted by Crippen LogP contribution is 2.16. The van der Waals surface area contributed by atoms with Crippen molar-refractivity contribution < 1.29 is 33.4 Å². The summed E-state index contributed by atoms with van der Waals surface area (Å²) in [6.45, 7) is 3.22. The first kappa shape index (κ1) is 19.8. The van der Waals surface area contributed by atoms with E-state index in [1.54, 1.807) is 9.80 Å². The zero-order valence-corrected chi connectivity index (χ0v) is 14.9. The van der Waals surface area contributed by atoms with E-state index in [0.29, 0.717) is 0 Å². The summed E-state index contributed by atoms with van der Waals surface area (Å²) >= 11 is 0. The van der Waals surface area contributed by atoms with Gasteiger partial charge in [-0.2, -0.15) is 0 Å². The number of hydrogen-bond acceptors (Lipinski definition) is 9. The Hall–Kier alpha value is -2.53. The van der Waals surface area contributed by atoms with Gasteiger partial charge in [0.1, 0.15) is 0 Å². The number of nitrogens with zero attached hydrogens (tertiary/aromatic N) is 3. The van der Waals surface area contributed by atoms with Crippen LogP contribution >= 0.6 is 0 Å². The number of nitrogens with one attached hydrogen (secondary N) is 1. The van der Waals surface area contributed by atoms with Crippen molar-refractivity contribution >= 4 is 29.8 Å². The van der Waals surface area contributed by atoms with Crippen LogP contribution in [-0.4, -0.2) is 96.6 Å². The summed E-state index contributed by atoms with van der Waals surface area (Å²) in [5, 5.41) is 2.23. The highest BCUT2D eigenvalue weighted by molar-refractivity contribution is 6.00. The van der Waals surface area contributed by atoms with Gasteiger partial charge in [0, 0.05) is 12.1 Å². The molecule has 0 aliphatic carbocycles. The van der Waals surface area contributed by atoms with Crippen LogP contribution in [0.3, 0.4) is 0 Å². The fourth-order valence-electron chi connectivity index (χ4n) is 2.88. The second-order valence-electron chi connectivity index (χ2n) is 6.21. The third-order valence-corrected chi connectivity index (χ3v) is 4.58. The lowest BCUT2D eigenvalue weighted by molar-refractivity contribution is -0.158. The lowest BCUT2D eigenvalue weighted by Gasteiger charge is -2.41. The van der Waals surface area contributed by atoms with Crippen molar-refractivity contribution in [2.24, 2.45) is 0 Å². The number of hydrogen-bond donors (Lipinski definition) is 1. The largest absolute Gasteiger partial charge is 0.509 e. The van der Waals surface area contributed by atoms with Gasteiger partial charge < -0.3 is 9.47 Å². The van der Waals surface area contributed by atoms with Crippen molar-refractivity contribution in [1.82, 2.24) is 20.0 Å². The highest BCUT2D eigenvalue weighted by atomic mass is 16.7. The zero-order valence-electron chi connectivity index (χ0n) is 14.9. The molecule has 2 unspecified atom stereocenters. The number of amides is 4. The van der Waals surface area contributed by atoms with Gasteiger partial charge in [-0.05, 0) is 13.8 Å². The summed E-state index contributed by atoms with van der Waals surface area (Å²) in [5.41, 5.74) is 0. The Morgan fingerprint density at radius 3 is 1.88 bits per heavy atom. The van der Waals surface area contributed by atoms with E-state index in [1.165, 1.54) is 0 Å². The minimum Gasteiger partial charge on any atom is -0.438 e. The summed E-state index contributed by atoms with van der Waals surface area (Å²) in [4.78, 5) is 62.7. The fraction of sp³-hybridized carbons (Fsp3) is 0.667. The topological polar surface area (TPSA) is 126 Å². The van der Waals surface area contributed by atoms with Crippen LogP contribution in [0.5, 0.6) is 0 Å². The summed E-state index contributed by atoms with van der Waals surface area (Å²) in [7, 11) is 1.12. The van der Waals surface area contributed by atoms with Crippen LogP contribution in [0.25, 0.3) is 0 Å². The molecule has 2 aliphatic heterocycles. The van der Waals surface area contributed by atoms with Crippen molar-refractivity contribution in [1.29, 1.82) is 0 Å². The molecule has 0 radical (unpaired) electrons. The molecular formula is C15H22N4O7. The third-order valence-electron chi connectivity index (χ3n) is 4.58. The second kappa shape index (κ2) is 8.23. The molecule has 0 aromatic carbocycles. The van der Waals surface area contributed by atoms with Crippen LogP contribution in [0.2, 0.25) is 0 Å². The second-order valence-corrected chi connectivity index (χ2v) is 6.21. The molecule has 0 aromatic rings. The standard InChI is InChI=1S/C15H22N4O7/c1-9(17-4-11(20)16-12(21)5-17)10(2)18-6-13(22)19(14(23)7-18)8-26-15(24)25-3/h9-10H,4-8H2,1-3H3,(H,16,20,21). The molecule has 11 nitrogen and oxygen atoms in total. The summed E-state index contributed by atoms with van der Waals surface area (Å²) in [6, 6.07) is -0.492. The Morgan fingerprint density at radius 1 is 0.962 bits per heavy atom. The van der Waals surface area contributed by atoms with Crippen LogP contribution in [0.15, 0.2) is 0 Å². The number of methoxy groups -OCH3 is 1. The molecule has 0 spiro atoms. The van der Waals surface area contributed by atoms with Gasteiger partial charge in [-0.3, -0.25) is 34.3 Å². The molecule has 2 saturated heterocycles. The van der Waals surface area contributed by atoms with E-state index in [9.17, 15) is 24.0 Å². The Morgan fingerprint density at radius 2 is 1.42 bits per heavy atom. The van der Waals surface area contributed by atoms with E-state index in [1.807, 2.05) is 13.8 Å². The van der Waals surface area contributed by atoms with Crippen molar-refractivity contribution in [3.63, 3.8) is 0 Å². The summed E-state index contributed by atoms with van der Waals surface area (Å²) in [5.74, 6) is -1.76. The first-order chi connectivity index (χ1) is 12.2. The van der Waals surface area contributed by atoms with E-state index in [0.717, 1.165) is 12.0 Å². The van der Waals surface area contributed by atoms with Crippen LogP contribution in [0, 0.1) is 0 Å².